The van der Waals surface area contributed by atoms with Gasteiger partial charge in [0.15, 0.2) is 0 Å². The van der Waals surface area contributed by atoms with Crippen molar-refractivity contribution in [3.8, 4) is 0 Å². The second kappa shape index (κ2) is 5.67. The molecule has 1 rings (SSSR count). The molecule has 0 aromatic heterocycles. The quantitative estimate of drug-likeness (QED) is 0.515. The molecule has 0 aromatic rings. The molecule has 3 atom stereocenters. The van der Waals surface area contributed by atoms with Crippen molar-refractivity contribution in [2.45, 2.75) is 31.5 Å². The molecule has 3 amide bonds. The van der Waals surface area contributed by atoms with Crippen LogP contribution in [-0.2, 0) is 14.3 Å². The van der Waals surface area contributed by atoms with Crippen molar-refractivity contribution in [3.63, 3.8) is 0 Å². The fourth-order valence-corrected chi connectivity index (χ4v) is 1.94. The lowest BCUT2D eigenvalue weighted by molar-refractivity contribution is -0.151. The maximum Gasteiger partial charge on any atom is 0.328 e. The van der Waals surface area contributed by atoms with E-state index in [1.807, 2.05) is 0 Å². The van der Waals surface area contributed by atoms with Crippen molar-refractivity contribution in [3.05, 3.63) is 0 Å². The van der Waals surface area contributed by atoms with Crippen LogP contribution in [0.25, 0.3) is 0 Å². The van der Waals surface area contributed by atoms with E-state index in [-0.39, 0.29) is 13.0 Å². The van der Waals surface area contributed by atoms with Gasteiger partial charge in [-0.2, -0.15) is 0 Å². The molecule has 0 aromatic carbocycles. The second-order valence-electron chi connectivity index (χ2n) is 4.15. The van der Waals surface area contributed by atoms with Gasteiger partial charge in [-0.3, -0.25) is 4.79 Å². The number of aliphatic hydroxyl groups excluding tert-OH is 1. The number of β-amino-alcohol motifs (C(OH)–C–C–N with tert-alkyl or cyclic N) is 1. The fourth-order valence-electron chi connectivity index (χ4n) is 1.94. The van der Waals surface area contributed by atoms with Gasteiger partial charge in [0.05, 0.1) is 13.2 Å². The molecule has 1 fully saturated rings. The summed E-state index contributed by atoms with van der Waals surface area (Å²) >= 11 is 0. The molecule has 3 unspecified atom stereocenters. The third-order valence-electron chi connectivity index (χ3n) is 2.76. The summed E-state index contributed by atoms with van der Waals surface area (Å²) in [7, 11) is 1.21. The number of hydrogen-bond donors (Lipinski definition) is 3. The van der Waals surface area contributed by atoms with Crippen molar-refractivity contribution in [2.24, 2.45) is 5.73 Å². The van der Waals surface area contributed by atoms with E-state index in [2.05, 4.69) is 10.1 Å². The Morgan fingerprint density at radius 1 is 1.50 bits per heavy atom. The zero-order chi connectivity index (χ0) is 13.9. The van der Waals surface area contributed by atoms with Crippen LogP contribution in [0, 0.1) is 0 Å². The standard InChI is InChI=1S/C10H17N3O5/c1-5(12-10(11)17)8(15)13-4-6(14)3-7(13)9(16)18-2/h5-7,14H,3-4H2,1-2H3,(H3,11,12,17). The Labute approximate surface area is 104 Å². The van der Waals surface area contributed by atoms with Crippen molar-refractivity contribution in [2.75, 3.05) is 13.7 Å². The van der Waals surface area contributed by atoms with Crippen LogP contribution in [0.5, 0.6) is 0 Å². The number of likely N-dealkylation sites (tertiary alicyclic amines) is 1. The molecule has 8 heteroatoms. The van der Waals surface area contributed by atoms with Crippen molar-refractivity contribution in [1.29, 1.82) is 0 Å². The minimum Gasteiger partial charge on any atom is -0.467 e. The van der Waals surface area contributed by atoms with Crippen LogP contribution < -0.4 is 11.1 Å². The predicted molar refractivity (Wildman–Crippen MR) is 60.3 cm³/mol. The molecule has 0 saturated carbocycles. The fraction of sp³-hybridized carbons (Fsp3) is 0.700. The number of nitrogens with one attached hydrogen (secondary N) is 1. The lowest BCUT2D eigenvalue weighted by Crippen LogP contribution is -2.51. The van der Waals surface area contributed by atoms with E-state index >= 15 is 0 Å². The molecule has 8 nitrogen and oxygen atoms in total. The van der Waals surface area contributed by atoms with Crippen LogP contribution in [0.3, 0.4) is 0 Å². The SMILES string of the molecule is COC(=O)C1CC(O)CN1C(=O)C(C)NC(N)=O. The minimum absolute atomic E-state index is 0.0311. The summed E-state index contributed by atoms with van der Waals surface area (Å²) in [6.07, 6.45) is -0.652. The van der Waals surface area contributed by atoms with Gasteiger partial charge in [0.1, 0.15) is 12.1 Å². The third kappa shape index (κ3) is 3.10. The molecule has 0 radical (unpaired) electrons. The molecule has 0 bridgehead atoms. The Morgan fingerprint density at radius 3 is 2.61 bits per heavy atom. The number of methoxy groups -OCH3 is 1. The molecule has 0 spiro atoms. The minimum atomic E-state index is -0.861. The second-order valence-corrected chi connectivity index (χ2v) is 4.15. The molecule has 1 aliphatic heterocycles. The lowest BCUT2D eigenvalue weighted by Gasteiger charge is -2.25. The van der Waals surface area contributed by atoms with Gasteiger partial charge in [0, 0.05) is 13.0 Å². The zero-order valence-corrected chi connectivity index (χ0v) is 10.3. The molecule has 0 aliphatic carbocycles. The molecule has 1 heterocycles. The summed E-state index contributed by atoms with van der Waals surface area (Å²) in [4.78, 5) is 35.3. The molecular weight excluding hydrogens is 242 g/mol. The first-order chi connectivity index (χ1) is 8.36. The highest BCUT2D eigenvalue weighted by molar-refractivity contribution is 5.90. The number of primary amides is 1. The van der Waals surface area contributed by atoms with Crippen LogP contribution in [0.4, 0.5) is 4.79 Å². The number of urea groups is 1. The monoisotopic (exact) mass is 259 g/mol. The highest BCUT2D eigenvalue weighted by Crippen LogP contribution is 2.20. The highest BCUT2D eigenvalue weighted by atomic mass is 16.5. The van der Waals surface area contributed by atoms with Crippen molar-refractivity contribution in [1.82, 2.24) is 10.2 Å². The first-order valence-corrected chi connectivity index (χ1v) is 5.49. The number of amides is 3. The van der Waals surface area contributed by atoms with Crippen LogP contribution in [0.15, 0.2) is 0 Å². The maximum atomic E-state index is 12.0. The number of carbonyl (C=O) groups is 3. The van der Waals surface area contributed by atoms with E-state index in [4.69, 9.17) is 5.73 Å². The Morgan fingerprint density at radius 2 is 2.11 bits per heavy atom. The number of ether oxygens (including phenoxy) is 1. The normalized spacial score (nSPS) is 24.5. The zero-order valence-electron chi connectivity index (χ0n) is 10.3. The summed E-state index contributed by atoms with van der Waals surface area (Å²) in [6, 6.07) is -2.51. The number of aliphatic hydroxyl groups is 1. The molecule has 4 N–H and O–H groups in total. The Hall–Kier alpha value is -1.83. The summed E-state index contributed by atoms with van der Waals surface area (Å²) in [5.74, 6) is -1.08. The Kier molecular flexibility index (Phi) is 4.49. The molecular formula is C10H17N3O5. The first-order valence-electron chi connectivity index (χ1n) is 5.49. The number of hydrogen-bond acceptors (Lipinski definition) is 5. The lowest BCUT2D eigenvalue weighted by atomic mass is 10.2. The summed E-state index contributed by atoms with van der Waals surface area (Å²) < 4.78 is 4.57. The van der Waals surface area contributed by atoms with Crippen molar-refractivity contribution >= 4 is 17.9 Å². The van der Waals surface area contributed by atoms with Gasteiger partial charge in [0.25, 0.3) is 0 Å². The van der Waals surface area contributed by atoms with Crippen molar-refractivity contribution < 1.29 is 24.2 Å². The summed E-state index contributed by atoms with van der Waals surface area (Å²) in [5.41, 5.74) is 4.92. The number of carbonyl (C=O) groups excluding carboxylic acids is 3. The van der Waals surface area contributed by atoms with Crippen LogP contribution in [-0.4, -0.2) is 59.8 Å². The molecule has 102 valence electrons. The smallest absolute Gasteiger partial charge is 0.328 e. The summed E-state index contributed by atoms with van der Waals surface area (Å²) in [6.45, 7) is 1.48. The number of nitrogens with zero attached hydrogens (tertiary/aromatic N) is 1. The van der Waals surface area contributed by atoms with E-state index in [0.717, 1.165) is 0 Å². The van der Waals surface area contributed by atoms with Crippen LogP contribution in [0.2, 0.25) is 0 Å². The average molecular weight is 259 g/mol. The number of nitrogens with two attached hydrogens (primary N) is 1. The third-order valence-corrected chi connectivity index (χ3v) is 2.76. The maximum absolute atomic E-state index is 12.0. The van der Waals surface area contributed by atoms with Gasteiger partial charge in [-0.05, 0) is 6.92 Å². The van der Waals surface area contributed by atoms with Gasteiger partial charge in [-0.15, -0.1) is 0 Å². The molecule has 1 saturated heterocycles. The number of rotatable bonds is 3. The average Bonchev–Trinajstić information content (AvgIpc) is 2.68. The van der Waals surface area contributed by atoms with Crippen LogP contribution in [0.1, 0.15) is 13.3 Å². The van der Waals surface area contributed by atoms with E-state index in [1.54, 1.807) is 0 Å². The van der Waals surface area contributed by atoms with Gasteiger partial charge < -0.3 is 25.8 Å². The van der Waals surface area contributed by atoms with Gasteiger partial charge >= 0.3 is 12.0 Å². The van der Waals surface area contributed by atoms with E-state index in [9.17, 15) is 19.5 Å². The van der Waals surface area contributed by atoms with Gasteiger partial charge in [0.2, 0.25) is 5.91 Å². The van der Waals surface area contributed by atoms with E-state index < -0.39 is 36.1 Å². The predicted octanol–water partition coefficient (Wildman–Crippen LogP) is -1.82. The van der Waals surface area contributed by atoms with Crippen LogP contribution >= 0.6 is 0 Å². The Balaban J connectivity index is 2.76. The largest absolute Gasteiger partial charge is 0.467 e. The topological polar surface area (TPSA) is 122 Å². The van der Waals surface area contributed by atoms with E-state index in [0.29, 0.717) is 0 Å². The summed E-state index contributed by atoms with van der Waals surface area (Å²) in [5, 5.41) is 11.7. The van der Waals surface area contributed by atoms with E-state index in [1.165, 1.54) is 18.9 Å². The Bertz CT molecular complexity index is 359. The highest BCUT2D eigenvalue weighted by Gasteiger charge is 2.41. The molecule has 18 heavy (non-hydrogen) atoms. The van der Waals surface area contributed by atoms with Gasteiger partial charge in [-0.25, -0.2) is 9.59 Å². The van der Waals surface area contributed by atoms with Gasteiger partial charge in [-0.1, -0.05) is 0 Å². The number of esters is 1. The molecule has 1 aliphatic rings. The first kappa shape index (κ1) is 14.2.